The molecule has 0 spiro atoms. The van der Waals surface area contributed by atoms with Crippen LogP contribution in [0.4, 0.5) is 4.39 Å². The van der Waals surface area contributed by atoms with Crippen LogP contribution in [0.2, 0.25) is 0 Å². The van der Waals surface area contributed by atoms with Crippen LogP contribution in [0, 0.1) is 11.7 Å². The molecule has 0 saturated carbocycles. The van der Waals surface area contributed by atoms with Crippen LogP contribution in [0.15, 0.2) is 68.0 Å². The van der Waals surface area contributed by atoms with E-state index in [9.17, 15) is 17.0 Å². The van der Waals surface area contributed by atoms with Crippen molar-refractivity contribution >= 4 is 20.6 Å². The first-order valence-electron chi connectivity index (χ1n) is 9.71. The molecule has 30 heavy (non-hydrogen) atoms. The van der Waals surface area contributed by atoms with Gasteiger partial charge < -0.3 is 4.42 Å². The van der Waals surface area contributed by atoms with Gasteiger partial charge in [-0.15, -0.1) is 0 Å². The Bertz CT molecular complexity index is 1150. The monoisotopic (exact) mass is 449 g/mol. The van der Waals surface area contributed by atoms with E-state index in [0.29, 0.717) is 0 Å². The zero-order chi connectivity index (χ0) is 21.9. The number of benzene rings is 2. The third kappa shape index (κ3) is 4.87. The molecule has 0 bridgehead atoms. The van der Waals surface area contributed by atoms with Crippen molar-refractivity contribution in [3.05, 3.63) is 59.9 Å². The summed E-state index contributed by atoms with van der Waals surface area (Å²) < 4.78 is 58.7. The van der Waals surface area contributed by atoms with Crippen LogP contribution in [-0.4, -0.2) is 23.4 Å². The Balaban J connectivity index is 2.12. The van der Waals surface area contributed by atoms with Crippen molar-refractivity contribution in [2.24, 2.45) is 5.92 Å². The third-order valence-electron chi connectivity index (χ3n) is 4.36. The van der Waals surface area contributed by atoms with E-state index in [-0.39, 0.29) is 38.1 Å². The van der Waals surface area contributed by atoms with Gasteiger partial charge in [-0.25, -0.2) is 12.8 Å². The topological polar surface area (TPSA) is 77.2 Å². The van der Waals surface area contributed by atoms with E-state index in [1.807, 2.05) is 20.8 Å². The van der Waals surface area contributed by atoms with Crippen LogP contribution in [0.25, 0.3) is 11.5 Å². The molecule has 0 saturated heterocycles. The molecule has 0 radical (unpaired) electrons. The summed E-state index contributed by atoms with van der Waals surface area (Å²) in [5, 5.41) is -0.593. The number of oxazole rings is 1. The fourth-order valence-electron chi connectivity index (χ4n) is 2.96. The molecular weight excluding hydrogens is 425 g/mol. The van der Waals surface area contributed by atoms with Gasteiger partial charge in [0.05, 0.1) is 15.7 Å². The molecule has 0 N–H and O–H groups in total. The van der Waals surface area contributed by atoms with Crippen LogP contribution in [0.5, 0.6) is 0 Å². The molecule has 0 amide bonds. The maximum absolute atomic E-state index is 13.6. The van der Waals surface area contributed by atoms with Crippen molar-refractivity contribution in [3.8, 4) is 11.5 Å². The van der Waals surface area contributed by atoms with Crippen LogP contribution < -0.4 is 0 Å². The minimum atomic E-state index is -4.07. The van der Waals surface area contributed by atoms with Gasteiger partial charge in [-0.1, -0.05) is 45.4 Å². The Morgan fingerprint density at radius 3 is 2.43 bits per heavy atom. The molecular formula is C22H24FNO4S2. The number of aromatic nitrogens is 1. The zero-order valence-electron chi connectivity index (χ0n) is 17.1. The molecule has 3 rings (SSSR count). The second kappa shape index (κ2) is 9.22. The minimum Gasteiger partial charge on any atom is -0.426 e. The van der Waals surface area contributed by atoms with E-state index in [4.69, 9.17) is 4.42 Å². The summed E-state index contributed by atoms with van der Waals surface area (Å²) in [7, 11) is -5.78. The molecule has 1 atom stereocenters. The Hall–Kier alpha value is -2.32. The van der Waals surface area contributed by atoms with Crippen LogP contribution in [0.3, 0.4) is 0 Å². The normalized spacial score (nSPS) is 13.0. The second-order valence-electron chi connectivity index (χ2n) is 7.43. The summed E-state index contributed by atoms with van der Waals surface area (Å²) in [4.78, 5) is 4.19. The highest BCUT2D eigenvalue weighted by molar-refractivity contribution is 7.92. The average molecular weight is 450 g/mol. The van der Waals surface area contributed by atoms with Gasteiger partial charge in [0.25, 0.3) is 0 Å². The fraction of sp³-hybridized carbons (Fsp3) is 0.318. The molecule has 0 aliphatic heterocycles. The van der Waals surface area contributed by atoms with E-state index in [2.05, 4.69) is 4.98 Å². The van der Waals surface area contributed by atoms with Crippen molar-refractivity contribution in [1.29, 1.82) is 0 Å². The number of rotatable bonds is 8. The molecule has 5 nitrogen and oxygen atoms in total. The summed E-state index contributed by atoms with van der Waals surface area (Å²) in [6.45, 7) is 5.80. The highest BCUT2D eigenvalue weighted by Crippen LogP contribution is 2.32. The van der Waals surface area contributed by atoms with Gasteiger partial charge in [-0.2, -0.15) is 4.98 Å². The fourth-order valence-corrected chi connectivity index (χ4v) is 5.92. The smallest absolute Gasteiger partial charge is 0.230 e. The molecule has 0 aliphatic rings. The zero-order valence-corrected chi connectivity index (χ0v) is 18.7. The number of hydrogen-bond acceptors (Lipinski definition) is 5. The Labute approximate surface area is 178 Å². The highest BCUT2D eigenvalue weighted by atomic mass is 32.2. The summed E-state index contributed by atoms with van der Waals surface area (Å²) in [5.41, 5.74) is 1.30. The Morgan fingerprint density at radius 1 is 1.13 bits per heavy atom. The van der Waals surface area contributed by atoms with E-state index in [1.165, 1.54) is 30.3 Å². The molecule has 1 aromatic heterocycles. The lowest BCUT2D eigenvalue weighted by Gasteiger charge is -2.06. The molecule has 2 aromatic carbocycles. The molecule has 0 fully saturated rings. The van der Waals surface area contributed by atoms with Crippen molar-refractivity contribution in [2.45, 2.75) is 48.6 Å². The van der Waals surface area contributed by atoms with Gasteiger partial charge in [0.2, 0.25) is 25.8 Å². The average Bonchev–Trinajstić information content (AvgIpc) is 3.15. The first-order valence-corrected chi connectivity index (χ1v) is 12.5. The predicted molar refractivity (Wildman–Crippen MR) is 114 cm³/mol. The highest BCUT2D eigenvalue weighted by Gasteiger charge is 2.31. The molecule has 8 heteroatoms. The van der Waals surface area contributed by atoms with Gasteiger partial charge in [-0.3, -0.25) is 4.21 Å². The molecule has 1 unspecified atom stereocenters. The standard InChI is InChI=1S/C22H24FNO4S2/c1-4-6-16-9-11-19(12-10-16)30(26,27)21-22(29(25)14-15(2)3)28-20(24-21)17-7-5-8-18(23)13-17/h5,7-13,15H,4,6,14H2,1-3H3. The Kier molecular flexibility index (Phi) is 6.88. The number of sulfone groups is 1. The van der Waals surface area contributed by atoms with Crippen molar-refractivity contribution in [3.63, 3.8) is 0 Å². The van der Waals surface area contributed by atoms with E-state index >= 15 is 0 Å². The van der Waals surface area contributed by atoms with Crippen molar-refractivity contribution in [2.75, 3.05) is 5.75 Å². The summed E-state index contributed by atoms with van der Waals surface area (Å²) in [5.74, 6) is -0.317. The maximum Gasteiger partial charge on any atom is 0.230 e. The van der Waals surface area contributed by atoms with Gasteiger partial charge in [0.15, 0.2) is 0 Å². The first-order chi connectivity index (χ1) is 14.2. The van der Waals surface area contributed by atoms with E-state index in [1.54, 1.807) is 18.2 Å². The van der Waals surface area contributed by atoms with E-state index in [0.717, 1.165) is 18.4 Å². The van der Waals surface area contributed by atoms with Gasteiger partial charge in [0, 0.05) is 11.3 Å². The second-order valence-corrected chi connectivity index (χ2v) is 10.7. The summed E-state index contributed by atoms with van der Waals surface area (Å²) >= 11 is 0. The lowest BCUT2D eigenvalue weighted by molar-refractivity contribution is 0.459. The van der Waals surface area contributed by atoms with Crippen LogP contribution in [0.1, 0.15) is 32.8 Å². The number of aryl methyl sites for hydroxylation is 1. The third-order valence-corrected chi connectivity index (χ3v) is 7.82. The number of nitrogens with zero attached hydrogens (tertiary/aromatic N) is 1. The summed E-state index contributed by atoms with van der Waals surface area (Å²) in [6, 6.07) is 12.0. The number of halogens is 1. The van der Waals surface area contributed by atoms with Gasteiger partial charge >= 0.3 is 0 Å². The lowest BCUT2D eigenvalue weighted by Crippen LogP contribution is -2.10. The van der Waals surface area contributed by atoms with Crippen LogP contribution in [-0.2, 0) is 27.1 Å². The van der Waals surface area contributed by atoms with Gasteiger partial charge in [-0.05, 0) is 48.2 Å². The predicted octanol–water partition coefficient (Wildman–Crippen LogP) is 5.03. The lowest BCUT2D eigenvalue weighted by atomic mass is 10.1. The molecule has 3 aromatic rings. The molecule has 160 valence electrons. The van der Waals surface area contributed by atoms with E-state index < -0.39 is 26.5 Å². The van der Waals surface area contributed by atoms with Gasteiger partial charge in [0.1, 0.15) is 5.82 Å². The maximum atomic E-state index is 13.6. The first kappa shape index (κ1) is 22.4. The molecule has 0 aliphatic carbocycles. The summed E-state index contributed by atoms with van der Waals surface area (Å²) in [6.07, 6.45) is 1.79. The molecule has 1 heterocycles. The number of hydrogen-bond donors (Lipinski definition) is 0. The minimum absolute atomic E-state index is 0.0456. The van der Waals surface area contributed by atoms with Crippen molar-refractivity contribution < 1.29 is 21.4 Å². The quantitative estimate of drug-likeness (QED) is 0.482. The largest absolute Gasteiger partial charge is 0.426 e. The van der Waals surface area contributed by atoms with Crippen molar-refractivity contribution in [1.82, 2.24) is 4.98 Å². The van der Waals surface area contributed by atoms with Crippen LogP contribution >= 0.6 is 0 Å². The SMILES string of the molecule is CCCc1ccc(S(=O)(=O)c2nc(-c3cccc(F)c3)oc2S(=O)CC(C)C)cc1. The Morgan fingerprint density at radius 2 is 1.83 bits per heavy atom.